The van der Waals surface area contributed by atoms with E-state index in [0.29, 0.717) is 0 Å². The minimum absolute atomic E-state index is 0.286. The Morgan fingerprint density at radius 2 is 1.89 bits per heavy atom. The molecule has 0 aromatic rings. The van der Waals surface area contributed by atoms with Crippen LogP contribution in [0.3, 0.4) is 0 Å². The molecule has 5 unspecified atom stereocenters. The van der Waals surface area contributed by atoms with Gasteiger partial charge in [-0.2, -0.15) is 0 Å². The average Bonchev–Trinajstić information content (AvgIpc) is 2.75. The molecule has 2 fully saturated rings. The van der Waals surface area contributed by atoms with Crippen LogP contribution in [0.2, 0.25) is 0 Å². The normalized spacial score (nSPS) is 46.5. The van der Waals surface area contributed by atoms with Crippen molar-refractivity contribution in [3.63, 3.8) is 0 Å². The molecule has 0 radical (unpaired) electrons. The summed E-state index contributed by atoms with van der Waals surface area (Å²) in [4.78, 5) is 2.84. The molecule has 1 saturated carbocycles. The molecule has 1 aliphatic carbocycles. The zero-order valence-electron chi connectivity index (χ0n) is 12.8. The van der Waals surface area contributed by atoms with Crippen LogP contribution in [0.1, 0.15) is 66.2 Å². The number of nitrogens with two attached hydrogens (primary N) is 1. The van der Waals surface area contributed by atoms with Gasteiger partial charge in [-0.1, -0.05) is 33.6 Å². The van der Waals surface area contributed by atoms with E-state index in [2.05, 4.69) is 32.6 Å². The molecule has 2 rings (SSSR count). The highest BCUT2D eigenvalue weighted by molar-refractivity contribution is 5.05. The molecule has 5 atom stereocenters. The Morgan fingerprint density at radius 3 is 2.50 bits per heavy atom. The summed E-state index contributed by atoms with van der Waals surface area (Å²) in [5.74, 6) is 1.57. The largest absolute Gasteiger partial charge is 0.329 e. The van der Waals surface area contributed by atoms with Crippen molar-refractivity contribution in [2.24, 2.45) is 17.6 Å². The number of hydrogen-bond donors (Lipinski definition) is 1. The fraction of sp³-hybridized carbons (Fsp3) is 1.00. The van der Waals surface area contributed by atoms with Crippen molar-refractivity contribution in [1.29, 1.82) is 0 Å². The molecule has 1 aliphatic heterocycles. The van der Waals surface area contributed by atoms with Crippen LogP contribution in [0.5, 0.6) is 0 Å². The van der Waals surface area contributed by atoms with Crippen LogP contribution in [0, 0.1) is 11.8 Å². The van der Waals surface area contributed by atoms with Gasteiger partial charge in [0.2, 0.25) is 0 Å². The molecule has 106 valence electrons. The zero-order chi connectivity index (χ0) is 13.3. The maximum Gasteiger partial charge on any atom is 0.0365 e. The first-order valence-corrected chi connectivity index (χ1v) is 8.05. The van der Waals surface area contributed by atoms with Gasteiger partial charge in [0.1, 0.15) is 0 Å². The summed E-state index contributed by atoms with van der Waals surface area (Å²) in [6.45, 7) is 10.5. The molecule has 0 amide bonds. The maximum absolute atomic E-state index is 6.31. The minimum atomic E-state index is 0.286. The fourth-order valence-electron chi connectivity index (χ4n) is 4.77. The van der Waals surface area contributed by atoms with Crippen molar-refractivity contribution in [2.75, 3.05) is 6.54 Å². The summed E-state index contributed by atoms with van der Waals surface area (Å²) in [6.07, 6.45) is 8.09. The molecule has 0 bridgehead atoms. The standard InChI is InChI=1S/C16H32N2/c1-5-15-9-8-13(3)18(15)16(11-17)10-6-7-12(2)14(16)4/h12-15H,5-11,17H2,1-4H3. The third-order valence-electron chi connectivity index (χ3n) is 6.10. The van der Waals surface area contributed by atoms with Gasteiger partial charge in [0, 0.05) is 24.2 Å². The summed E-state index contributed by atoms with van der Waals surface area (Å²) in [6, 6.07) is 1.50. The quantitative estimate of drug-likeness (QED) is 0.834. The number of hydrogen-bond acceptors (Lipinski definition) is 2. The van der Waals surface area contributed by atoms with E-state index in [1.807, 2.05) is 0 Å². The Morgan fingerprint density at radius 1 is 1.17 bits per heavy atom. The summed E-state index contributed by atoms with van der Waals surface area (Å²) < 4.78 is 0. The van der Waals surface area contributed by atoms with E-state index in [4.69, 9.17) is 5.73 Å². The van der Waals surface area contributed by atoms with Gasteiger partial charge in [0.15, 0.2) is 0 Å². The number of nitrogens with zero attached hydrogens (tertiary/aromatic N) is 1. The lowest BCUT2D eigenvalue weighted by atomic mass is 9.66. The lowest BCUT2D eigenvalue weighted by Gasteiger charge is -2.54. The van der Waals surface area contributed by atoms with Gasteiger partial charge in [0.05, 0.1) is 0 Å². The van der Waals surface area contributed by atoms with E-state index in [9.17, 15) is 0 Å². The summed E-state index contributed by atoms with van der Waals surface area (Å²) in [5.41, 5.74) is 6.59. The Labute approximate surface area is 113 Å². The van der Waals surface area contributed by atoms with E-state index in [1.165, 1.54) is 38.5 Å². The van der Waals surface area contributed by atoms with Gasteiger partial charge < -0.3 is 5.73 Å². The van der Waals surface area contributed by atoms with Gasteiger partial charge in [-0.15, -0.1) is 0 Å². The van der Waals surface area contributed by atoms with Crippen LogP contribution in [0.15, 0.2) is 0 Å². The predicted molar refractivity (Wildman–Crippen MR) is 78.6 cm³/mol. The van der Waals surface area contributed by atoms with Crippen LogP contribution in [-0.4, -0.2) is 29.1 Å². The van der Waals surface area contributed by atoms with Crippen LogP contribution < -0.4 is 5.73 Å². The molecular weight excluding hydrogens is 220 g/mol. The first-order chi connectivity index (χ1) is 8.56. The highest BCUT2D eigenvalue weighted by Crippen LogP contribution is 2.46. The van der Waals surface area contributed by atoms with Crippen molar-refractivity contribution in [3.8, 4) is 0 Å². The van der Waals surface area contributed by atoms with Crippen LogP contribution >= 0.6 is 0 Å². The first kappa shape index (κ1) is 14.3. The van der Waals surface area contributed by atoms with Gasteiger partial charge in [0.25, 0.3) is 0 Å². The summed E-state index contributed by atoms with van der Waals surface area (Å²) in [5, 5.41) is 0. The highest BCUT2D eigenvalue weighted by atomic mass is 15.3. The van der Waals surface area contributed by atoms with E-state index >= 15 is 0 Å². The van der Waals surface area contributed by atoms with Crippen LogP contribution in [-0.2, 0) is 0 Å². The molecule has 2 aliphatic rings. The van der Waals surface area contributed by atoms with Crippen LogP contribution in [0.4, 0.5) is 0 Å². The van der Waals surface area contributed by atoms with E-state index in [-0.39, 0.29) is 5.54 Å². The maximum atomic E-state index is 6.31. The van der Waals surface area contributed by atoms with E-state index in [0.717, 1.165) is 30.5 Å². The van der Waals surface area contributed by atoms with Gasteiger partial charge in [-0.25, -0.2) is 0 Å². The predicted octanol–water partition coefficient (Wildman–Crippen LogP) is 3.40. The number of likely N-dealkylation sites (tertiary alicyclic amines) is 1. The Hall–Kier alpha value is -0.0800. The smallest absolute Gasteiger partial charge is 0.0365 e. The first-order valence-electron chi connectivity index (χ1n) is 8.05. The molecule has 0 spiro atoms. The number of rotatable bonds is 3. The minimum Gasteiger partial charge on any atom is -0.329 e. The van der Waals surface area contributed by atoms with Crippen molar-refractivity contribution in [1.82, 2.24) is 4.90 Å². The molecular formula is C16H32N2. The molecule has 1 heterocycles. The molecule has 2 heteroatoms. The second kappa shape index (κ2) is 5.50. The average molecular weight is 252 g/mol. The Kier molecular flexibility index (Phi) is 4.38. The Bertz CT molecular complexity index is 278. The molecule has 1 saturated heterocycles. The molecule has 18 heavy (non-hydrogen) atoms. The second-order valence-corrected chi connectivity index (χ2v) is 6.86. The fourth-order valence-corrected chi connectivity index (χ4v) is 4.77. The van der Waals surface area contributed by atoms with Crippen molar-refractivity contribution in [3.05, 3.63) is 0 Å². The monoisotopic (exact) mass is 252 g/mol. The van der Waals surface area contributed by atoms with Gasteiger partial charge in [-0.05, 0) is 44.4 Å². The molecule has 0 aromatic carbocycles. The summed E-state index contributed by atoms with van der Waals surface area (Å²) >= 11 is 0. The third-order valence-corrected chi connectivity index (χ3v) is 6.10. The van der Waals surface area contributed by atoms with Crippen LogP contribution in [0.25, 0.3) is 0 Å². The molecule has 0 aromatic heterocycles. The topological polar surface area (TPSA) is 29.3 Å². The van der Waals surface area contributed by atoms with E-state index < -0.39 is 0 Å². The second-order valence-electron chi connectivity index (χ2n) is 6.86. The lowest BCUT2D eigenvalue weighted by molar-refractivity contribution is -0.0399. The van der Waals surface area contributed by atoms with E-state index in [1.54, 1.807) is 0 Å². The Balaban J connectivity index is 2.30. The van der Waals surface area contributed by atoms with Crippen molar-refractivity contribution in [2.45, 2.75) is 83.8 Å². The molecule has 2 nitrogen and oxygen atoms in total. The van der Waals surface area contributed by atoms with Crippen molar-refractivity contribution >= 4 is 0 Å². The summed E-state index contributed by atoms with van der Waals surface area (Å²) in [7, 11) is 0. The van der Waals surface area contributed by atoms with Gasteiger partial charge in [-0.3, -0.25) is 4.90 Å². The van der Waals surface area contributed by atoms with Crippen molar-refractivity contribution < 1.29 is 0 Å². The third kappa shape index (κ3) is 2.12. The van der Waals surface area contributed by atoms with Gasteiger partial charge >= 0.3 is 0 Å². The lowest BCUT2D eigenvalue weighted by Crippen LogP contribution is -2.63. The SMILES string of the molecule is CCC1CCC(C)N1C1(CN)CCCC(C)C1C. The zero-order valence-corrected chi connectivity index (χ0v) is 12.8. The molecule has 2 N–H and O–H groups in total. The highest BCUT2D eigenvalue weighted by Gasteiger charge is 2.50.